The van der Waals surface area contributed by atoms with Gasteiger partial charge in [0.15, 0.2) is 6.29 Å². The van der Waals surface area contributed by atoms with Crippen molar-refractivity contribution in [3.8, 4) is 0 Å². The Hall–Kier alpha value is -2.89. The van der Waals surface area contributed by atoms with Crippen LogP contribution in [0.25, 0.3) is 0 Å². The molecule has 0 bridgehead atoms. The molecule has 1 fully saturated rings. The van der Waals surface area contributed by atoms with E-state index in [-0.39, 0.29) is 12.5 Å². The fraction of sp³-hybridized carbons (Fsp3) is 0.779. The van der Waals surface area contributed by atoms with E-state index in [1.807, 2.05) is 6.08 Å². The fourth-order valence-electron chi connectivity index (χ4n) is 11.3. The Morgan fingerprint density at radius 2 is 0.721 bits per heavy atom. The highest BCUT2D eigenvalue weighted by molar-refractivity contribution is 5.76. The summed E-state index contributed by atoms with van der Waals surface area (Å²) in [5, 5.41) is 54.8. The van der Waals surface area contributed by atoms with Gasteiger partial charge < -0.3 is 40.3 Å². The van der Waals surface area contributed by atoms with Crippen molar-refractivity contribution in [3.63, 3.8) is 0 Å². The van der Waals surface area contributed by atoms with Crippen LogP contribution in [0.1, 0.15) is 328 Å². The van der Waals surface area contributed by atoms with Crippen molar-refractivity contribution in [1.82, 2.24) is 5.32 Å². The molecule has 0 aromatic carbocycles. The minimum atomic E-state index is -1.57. The number of amides is 1. The van der Waals surface area contributed by atoms with Gasteiger partial charge in [0.05, 0.1) is 25.4 Å². The van der Waals surface area contributed by atoms with Gasteiger partial charge in [-0.15, -0.1) is 0 Å². The van der Waals surface area contributed by atoms with Crippen LogP contribution in [0, 0.1) is 0 Å². The van der Waals surface area contributed by atoms with Crippen molar-refractivity contribution < 1.29 is 39.8 Å². The van der Waals surface area contributed by atoms with Crippen molar-refractivity contribution in [1.29, 1.82) is 0 Å². The summed E-state index contributed by atoms with van der Waals surface area (Å²) < 4.78 is 11.3. The zero-order valence-electron chi connectivity index (χ0n) is 55.8. The topological polar surface area (TPSA) is 149 Å². The third-order valence-corrected chi connectivity index (χ3v) is 16.9. The molecule has 7 atom stereocenters. The van der Waals surface area contributed by atoms with Crippen LogP contribution in [-0.4, -0.2) is 87.5 Å². The highest BCUT2D eigenvalue weighted by Crippen LogP contribution is 2.23. The number of hydrogen-bond acceptors (Lipinski definition) is 8. The van der Waals surface area contributed by atoms with Gasteiger partial charge in [0.1, 0.15) is 24.4 Å². The molecule has 6 N–H and O–H groups in total. The Balaban J connectivity index is 2.14. The Morgan fingerprint density at radius 3 is 1.07 bits per heavy atom. The van der Waals surface area contributed by atoms with Gasteiger partial charge in [-0.2, -0.15) is 0 Å². The van der Waals surface area contributed by atoms with Crippen LogP contribution in [-0.2, 0) is 14.3 Å². The van der Waals surface area contributed by atoms with Crippen LogP contribution in [0.5, 0.6) is 0 Å². The Bertz CT molecular complexity index is 1680. The fourth-order valence-corrected chi connectivity index (χ4v) is 11.3. The number of carbonyl (C=O) groups excluding carboxylic acids is 1. The molecule has 7 unspecified atom stereocenters. The van der Waals surface area contributed by atoms with Crippen molar-refractivity contribution in [2.24, 2.45) is 0 Å². The van der Waals surface area contributed by atoms with E-state index in [9.17, 15) is 30.3 Å². The number of unbranched alkanes of at least 4 members (excludes halogenated alkanes) is 39. The van der Waals surface area contributed by atoms with Crippen molar-refractivity contribution in [2.75, 3.05) is 13.2 Å². The van der Waals surface area contributed by atoms with Gasteiger partial charge in [-0.3, -0.25) is 4.79 Å². The number of ether oxygens (including phenoxy) is 2. The SMILES string of the molecule is CC/C=C\C/C=C\C/C=C\C/C=C\C/C=C\C/C=C\C/C=C\CCCCCCCCCCCCCC(=O)NC(COC1OC(CO)C(O)C(O)C1O)C(O)/C=C/CCCCCCCCCCCCCCCCCCCCCCCCCCCCCC. The summed E-state index contributed by atoms with van der Waals surface area (Å²) in [4.78, 5) is 13.1. The van der Waals surface area contributed by atoms with E-state index >= 15 is 0 Å². The van der Waals surface area contributed by atoms with E-state index < -0.39 is 49.5 Å². The Morgan fingerprint density at radius 1 is 0.407 bits per heavy atom. The first-order chi connectivity index (χ1) is 42.3. The second-order valence-electron chi connectivity index (χ2n) is 25.0. The predicted molar refractivity (Wildman–Crippen MR) is 368 cm³/mol. The predicted octanol–water partition coefficient (Wildman–Crippen LogP) is 20.3. The second kappa shape index (κ2) is 65.1. The zero-order valence-corrected chi connectivity index (χ0v) is 55.8. The number of aliphatic hydroxyl groups is 5. The van der Waals surface area contributed by atoms with Gasteiger partial charge in [0, 0.05) is 6.42 Å². The molecule has 1 amide bonds. The van der Waals surface area contributed by atoms with Gasteiger partial charge in [-0.05, 0) is 77.0 Å². The maximum Gasteiger partial charge on any atom is 0.220 e. The van der Waals surface area contributed by atoms with Crippen molar-refractivity contribution >= 4 is 5.91 Å². The van der Waals surface area contributed by atoms with Gasteiger partial charge in [0.25, 0.3) is 0 Å². The number of allylic oxidation sites excluding steroid dienone is 15. The summed E-state index contributed by atoms with van der Waals surface area (Å²) in [5.41, 5.74) is 0. The first-order valence-electron chi connectivity index (χ1n) is 36.5. The normalized spacial score (nSPS) is 18.6. The first-order valence-corrected chi connectivity index (χ1v) is 36.5. The molecule has 0 spiro atoms. The molecule has 1 heterocycles. The van der Waals surface area contributed by atoms with Gasteiger partial charge in [-0.25, -0.2) is 0 Å². The number of rotatable bonds is 63. The van der Waals surface area contributed by atoms with Crippen LogP contribution in [0.15, 0.2) is 97.2 Å². The molecule has 1 rings (SSSR count). The minimum absolute atomic E-state index is 0.180. The summed E-state index contributed by atoms with van der Waals surface area (Å²) >= 11 is 0. The summed E-state index contributed by atoms with van der Waals surface area (Å²) in [5.74, 6) is -0.180. The number of aliphatic hydroxyl groups excluding tert-OH is 5. The number of hydrogen-bond donors (Lipinski definition) is 6. The van der Waals surface area contributed by atoms with E-state index in [0.29, 0.717) is 6.42 Å². The largest absolute Gasteiger partial charge is 0.394 e. The standard InChI is InChI=1S/C77H137NO8/c1-3-5-7-9-11-13-15-17-19-21-23-25-27-29-31-33-35-36-37-39-41-43-45-47-49-51-53-55-57-59-61-63-65-67-73(81)78-70(69-85-77-76(84)75(83)74(82)72(68-79)86-77)71(80)66-64-62-60-58-56-54-52-50-48-46-44-42-40-38-34-32-30-28-26-24-22-20-18-16-14-12-10-8-6-4-2/h5,7,11,13,17,19,23,25,29,31,35-36,39,41,64,66,70-72,74-77,79-80,82-84H,3-4,6,8-10,12,14-16,18,20-22,24,26-28,30,32-34,37-38,40,42-63,65,67-69H2,1-2H3,(H,78,81)/b7-5-,13-11-,19-17-,25-23-,31-29-,36-35-,41-39-,66-64+. The molecule has 1 aliphatic heterocycles. The van der Waals surface area contributed by atoms with Crippen LogP contribution in [0.4, 0.5) is 0 Å². The summed E-state index contributed by atoms with van der Waals surface area (Å²) in [6.45, 7) is 3.70. The van der Waals surface area contributed by atoms with Gasteiger partial charge in [0.2, 0.25) is 5.91 Å². The molecule has 1 aliphatic rings. The van der Waals surface area contributed by atoms with E-state index in [4.69, 9.17) is 9.47 Å². The van der Waals surface area contributed by atoms with Crippen LogP contribution in [0.3, 0.4) is 0 Å². The molecule has 0 aliphatic carbocycles. The lowest BCUT2D eigenvalue weighted by Gasteiger charge is -2.40. The lowest BCUT2D eigenvalue weighted by Crippen LogP contribution is -2.60. The highest BCUT2D eigenvalue weighted by Gasteiger charge is 2.44. The quantitative estimate of drug-likeness (QED) is 0.0261. The average Bonchev–Trinajstić information content (AvgIpc) is 2.60. The van der Waals surface area contributed by atoms with E-state index in [1.54, 1.807) is 6.08 Å². The summed E-state index contributed by atoms with van der Waals surface area (Å²) in [6, 6.07) is -0.815. The average molecular weight is 1200 g/mol. The Labute approximate surface area is 530 Å². The van der Waals surface area contributed by atoms with Gasteiger partial charge in [-0.1, -0.05) is 342 Å². The van der Waals surface area contributed by atoms with Gasteiger partial charge >= 0.3 is 0 Å². The zero-order chi connectivity index (χ0) is 62.1. The van der Waals surface area contributed by atoms with Crippen molar-refractivity contribution in [3.05, 3.63) is 97.2 Å². The summed E-state index contributed by atoms with van der Waals surface area (Å²) in [7, 11) is 0. The smallest absolute Gasteiger partial charge is 0.220 e. The molecule has 498 valence electrons. The molecule has 86 heavy (non-hydrogen) atoms. The maximum absolute atomic E-state index is 13.1. The molecular weight excluding hydrogens is 1070 g/mol. The third kappa shape index (κ3) is 53.0. The lowest BCUT2D eigenvalue weighted by molar-refractivity contribution is -0.302. The minimum Gasteiger partial charge on any atom is -0.394 e. The number of carbonyl (C=O) groups is 1. The summed E-state index contributed by atoms with van der Waals surface area (Å²) in [6.07, 6.45) is 88.0. The third-order valence-electron chi connectivity index (χ3n) is 16.9. The highest BCUT2D eigenvalue weighted by atomic mass is 16.7. The van der Waals surface area contributed by atoms with E-state index in [0.717, 1.165) is 89.9 Å². The van der Waals surface area contributed by atoms with Crippen molar-refractivity contribution in [2.45, 2.75) is 371 Å². The maximum atomic E-state index is 13.1. The molecule has 9 nitrogen and oxygen atoms in total. The molecule has 9 heteroatoms. The van der Waals surface area contributed by atoms with Crippen LogP contribution >= 0.6 is 0 Å². The molecule has 0 saturated carbocycles. The molecule has 0 aromatic rings. The molecule has 0 aromatic heterocycles. The number of nitrogens with one attached hydrogen (secondary N) is 1. The van der Waals surface area contributed by atoms with E-state index in [2.05, 4.69) is 104 Å². The lowest BCUT2D eigenvalue weighted by atomic mass is 9.99. The van der Waals surface area contributed by atoms with E-state index in [1.165, 1.54) is 218 Å². The Kier molecular flexibility index (Phi) is 61.4. The molecule has 1 saturated heterocycles. The first kappa shape index (κ1) is 81.1. The monoisotopic (exact) mass is 1200 g/mol. The molecule has 0 radical (unpaired) electrons. The molecular formula is C77H137NO8. The second-order valence-corrected chi connectivity index (χ2v) is 25.0. The van der Waals surface area contributed by atoms with Crippen LogP contribution < -0.4 is 5.32 Å². The van der Waals surface area contributed by atoms with Crippen LogP contribution in [0.2, 0.25) is 0 Å².